The van der Waals surface area contributed by atoms with Crippen LogP contribution in [-0.2, 0) is 16.6 Å². The van der Waals surface area contributed by atoms with Crippen molar-refractivity contribution in [1.82, 2.24) is 15.1 Å². The standard InChI is InChI=1S/C17H22N4O3S/c1-11-17(12(2)21(3)20-11)19-16(24)8-9-18-15(23)7-6-13(22)14-5-4-10-25-14/h4-5,10H,6-9H2,1-3H3,(H,18,23)(H,19,24). The largest absolute Gasteiger partial charge is 0.356 e. The number of hydrogen-bond donors (Lipinski definition) is 2. The lowest BCUT2D eigenvalue weighted by atomic mass is 10.2. The first-order valence-corrected chi connectivity index (χ1v) is 8.90. The summed E-state index contributed by atoms with van der Waals surface area (Å²) in [5, 5.41) is 11.5. The molecule has 0 unspecified atom stereocenters. The third-order valence-electron chi connectivity index (χ3n) is 3.82. The van der Waals surface area contributed by atoms with Crippen molar-refractivity contribution >= 4 is 34.6 Å². The minimum Gasteiger partial charge on any atom is -0.356 e. The van der Waals surface area contributed by atoms with E-state index >= 15 is 0 Å². The number of aromatic nitrogens is 2. The fraction of sp³-hybridized carbons (Fsp3) is 0.412. The molecule has 0 aliphatic rings. The highest BCUT2D eigenvalue weighted by atomic mass is 32.1. The molecule has 0 aromatic carbocycles. The summed E-state index contributed by atoms with van der Waals surface area (Å²) in [7, 11) is 1.82. The zero-order chi connectivity index (χ0) is 18.4. The fourth-order valence-corrected chi connectivity index (χ4v) is 3.04. The quantitative estimate of drug-likeness (QED) is 0.704. The minimum atomic E-state index is -0.230. The predicted molar refractivity (Wildman–Crippen MR) is 96.8 cm³/mol. The van der Waals surface area contributed by atoms with E-state index in [0.29, 0.717) is 10.6 Å². The molecular weight excluding hydrogens is 340 g/mol. The van der Waals surface area contributed by atoms with E-state index in [1.165, 1.54) is 11.3 Å². The molecule has 2 heterocycles. The van der Waals surface area contributed by atoms with Crippen LogP contribution in [0.1, 0.15) is 40.3 Å². The molecule has 0 spiro atoms. The number of carbonyl (C=O) groups is 3. The average molecular weight is 362 g/mol. The number of anilines is 1. The van der Waals surface area contributed by atoms with Crippen molar-refractivity contribution in [3.63, 3.8) is 0 Å². The third kappa shape index (κ3) is 5.25. The van der Waals surface area contributed by atoms with Crippen LogP contribution in [0, 0.1) is 13.8 Å². The summed E-state index contributed by atoms with van der Waals surface area (Å²) < 4.78 is 1.71. The summed E-state index contributed by atoms with van der Waals surface area (Å²) in [5.41, 5.74) is 2.34. The number of rotatable bonds is 8. The molecule has 2 aromatic rings. The molecule has 0 saturated carbocycles. The fourth-order valence-electron chi connectivity index (χ4n) is 2.35. The molecule has 2 rings (SSSR count). The van der Waals surface area contributed by atoms with Crippen molar-refractivity contribution < 1.29 is 14.4 Å². The zero-order valence-corrected chi connectivity index (χ0v) is 15.4. The summed E-state index contributed by atoms with van der Waals surface area (Å²) in [4.78, 5) is 36.2. The Kier molecular flexibility index (Phi) is 6.46. The van der Waals surface area contributed by atoms with Gasteiger partial charge in [0.25, 0.3) is 0 Å². The second-order valence-electron chi connectivity index (χ2n) is 5.72. The number of ketones is 1. The molecule has 2 aromatic heterocycles. The Morgan fingerprint density at radius 3 is 2.52 bits per heavy atom. The number of nitrogens with zero attached hydrogens (tertiary/aromatic N) is 2. The normalized spacial score (nSPS) is 10.5. The van der Waals surface area contributed by atoms with Gasteiger partial charge < -0.3 is 10.6 Å². The predicted octanol–water partition coefficient (Wildman–Crippen LogP) is 2.21. The number of aryl methyl sites for hydroxylation is 2. The van der Waals surface area contributed by atoms with Crippen molar-refractivity contribution in [2.45, 2.75) is 33.1 Å². The van der Waals surface area contributed by atoms with E-state index in [9.17, 15) is 14.4 Å². The third-order valence-corrected chi connectivity index (χ3v) is 4.73. The SMILES string of the molecule is Cc1nn(C)c(C)c1NC(=O)CCNC(=O)CCC(=O)c1cccs1. The average Bonchev–Trinajstić information content (AvgIpc) is 3.18. The van der Waals surface area contributed by atoms with Crippen LogP contribution in [0.25, 0.3) is 0 Å². The molecule has 2 N–H and O–H groups in total. The Morgan fingerprint density at radius 2 is 1.92 bits per heavy atom. The lowest BCUT2D eigenvalue weighted by Gasteiger charge is -2.07. The maximum atomic E-state index is 12.0. The van der Waals surface area contributed by atoms with Gasteiger partial charge in [0.05, 0.1) is 22.0 Å². The van der Waals surface area contributed by atoms with Gasteiger partial charge in [-0.25, -0.2) is 0 Å². The molecule has 0 saturated heterocycles. The van der Waals surface area contributed by atoms with Gasteiger partial charge in [-0.3, -0.25) is 19.1 Å². The van der Waals surface area contributed by atoms with E-state index in [4.69, 9.17) is 0 Å². The van der Waals surface area contributed by atoms with E-state index in [1.807, 2.05) is 32.3 Å². The molecule has 0 atom stereocenters. The number of thiophene rings is 1. The van der Waals surface area contributed by atoms with E-state index < -0.39 is 0 Å². The highest BCUT2D eigenvalue weighted by Crippen LogP contribution is 2.18. The maximum absolute atomic E-state index is 12.0. The van der Waals surface area contributed by atoms with Gasteiger partial charge in [-0.15, -0.1) is 11.3 Å². The van der Waals surface area contributed by atoms with Crippen molar-refractivity contribution in [3.05, 3.63) is 33.8 Å². The topological polar surface area (TPSA) is 93.1 Å². The molecular formula is C17H22N4O3S. The summed E-state index contributed by atoms with van der Waals surface area (Å²) in [6.07, 6.45) is 0.462. The highest BCUT2D eigenvalue weighted by Gasteiger charge is 2.13. The van der Waals surface area contributed by atoms with Crippen LogP contribution in [0.4, 0.5) is 5.69 Å². The monoisotopic (exact) mass is 362 g/mol. The van der Waals surface area contributed by atoms with Crippen LogP contribution in [0.3, 0.4) is 0 Å². The van der Waals surface area contributed by atoms with Crippen LogP contribution in [-0.4, -0.2) is 33.9 Å². The number of carbonyl (C=O) groups excluding carboxylic acids is 3. The van der Waals surface area contributed by atoms with Crippen LogP contribution in [0.5, 0.6) is 0 Å². The zero-order valence-electron chi connectivity index (χ0n) is 14.6. The molecule has 8 heteroatoms. The Balaban J connectivity index is 1.68. The van der Waals surface area contributed by atoms with Crippen LogP contribution in [0.2, 0.25) is 0 Å². The smallest absolute Gasteiger partial charge is 0.226 e. The Hall–Kier alpha value is -2.48. The van der Waals surface area contributed by atoms with E-state index in [-0.39, 0.29) is 43.4 Å². The summed E-state index contributed by atoms with van der Waals surface area (Å²) in [6.45, 7) is 3.94. The summed E-state index contributed by atoms with van der Waals surface area (Å²) in [5.74, 6) is -0.453. The first-order chi connectivity index (χ1) is 11.9. The van der Waals surface area contributed by atoms with Crippen LogP contribution >= 0.6 is 11.3 Å². The van der Waals surface area contributed by atoms with E-state index in [0.717, 1.165) is 11.4 Å². The van der Waals surface area contributed by atoms with Gasteiger partial charge >= 0.3 is 0 Å². The number of Topliss-reactive ketones (excluding diaryl/α,β-unsaturated/α-hetero) is 1. The van der Waals surface area contributed by atoms with Gasteiger partial charge in [-0.2, -0.15) is 5.10 Å². The number of hydrogen-bond acceptors (Lipinski definition) is 5. The number of nitrogens with one attached hydrogen (secondary N) is 2. The van der Waals surface area contributed by atoms with Gasteiger partial charge in [0.1, 0.15) is 0 Å². The Labute approximate surface area is 150 Å². The van der Waals surface area contributed by atoms with Gasteiger partial charge in [0.2, 0.25) is 11.8 Å². The number of amides is 2. The summed E-state index contributed by atoms with van der Waals surface area (Å²) >= 11 is 1.37. The summed E-state index contributed by atoms with van der Waals surface area (Å²) in [6, 6.07) is 3.56. The molecule has 0 aliphatic heterocycles. The molecule has 0 bridgehead atoms. The molecule has 134 valence electrons. The van der Waals surface area contributed by atoms with Gasteiger partial charge in [-0.05, 0) is 25.3 Å². The maximum Gasteiger partial charge on any atom is 0.226 e. The second kappa shape index (κ2) is 8.57. The highest BCUT2D eigenvalue weighted by molar-refractivity contribution is 7.12. The van der Waals surface area contributed by atoms with Gasteiger partial charge in [0.15, 0.2) is 5.78 Å². The first kappa shape index (κ1) is 18.9. The lowest BCUT2D eigenvalue weighted by Crippen LogP contribution is -2.28. The molecule has 0 aliphatic carbocycles. The van der Waals surface area contributed by atoms with E-state index in [1.54, 1.807) is 10.7 Å². The van der Waals surface area contributed by atoms with Crippen molar-refractivity contribution in [2.24, 2.45) is 7.05 Å². The minimum absolute atomic E-state index is 0.0366. The lowest BCUT2D eigenvalue weighted by molar-refractivity contribution is -0.121. The first-order valence-electron chi connectivity index (χ1n) is 8.02. The van der Waals surface area contributed by atoms with Crippen LogP contribution < -0.4 is 10.6 Å². The van der Waals surface area contributed by atoms with Crippen molar-refractivity contribution in [1.29, 1.82) is 0 Å². The molecule has 25 heavy (non-hydrogen) atoms. The molecule has 0 fully saturated rings. The molecule has 2 amide bonds. The molecule has 0 radical (unpaired) electrons. The van der Waals surface area contributed by atoms with Gasteiger partial charge in [-0.1, -0.05) is 6.07 Å². The van der Waals surface area contributed by atoms with Crippen molar-refractivity contribution in [2.75, 3.05) is 11.9 Å². The second-order valence-corrected chi connectivity index (χ2v) is 6.67. The van der Waals surface area contributed by atoms with Crippen LogP contribution in [0.15, 0.2) is 17.5 Å². The van der Waals surface area contributed by atoms with E-state index in [2.05, 4.69) is 15.7 Å². The Morgan fingerprint density at radius 1 is 1.16 bits per heavy atom. The van der Waals surface area contributed by atoms with Crippen molar-refractivity contribution in [3.8, 4) is 0 Å². The molecule has 7 nitrogen and oxygen atoms in total. The van der Waals surface area contributed by atoms with Gasteiger partial charge in [0, 0.05) is 32.9 Å². The Bertz CT molecular complexity index is 765.